The van der Waals surface area contributed by atoms with Crippen molar-refractivity contribution in [3.05, 3.63) is 65.1 Å². The molecule has 1 saturated carbocycles. The van der Waals surface area contributed by atoms with Gasteiger partial charge in [-0.1, -0.05) is 24.3 Å². The van der Waals surface area contributed by atoms with Crippen LogP contribution in [0.15, 0.2) is 42.5 Å². The van der Waals surface area contributed by atoms with Crippen LogP contribution in [-0.4, -0.2) is 38.5 Å². The maximum Gasteiger partial charge on any atom is 0.305 e. The van der Waals surface area contributed by atoms with E-state index in [0.29, 0.717) is 17.9 Å². The van der Waals surface area contributed by atoms with Crippen LogP contribution in [0.1, 0.15) is 54.3 Å². The number of para-hydroxylation sites is 1. The van der Waals surface area contributed by atoms with Crippen molar-refractivity contribution in [2.75, 3.05) is 0 Å². The van der Waals surface area contributed by atoms with E-state index in [1.165, 1.54) is 12.1 Å². The predicted molar refractivity (Wildman–Crippen MR) is 114 cm³/mol. The molecule has 5 rings (SSSR count). The molecule has 2 aromatic carbocycles. The molecule has 2 aliphatic carbocycles. The topological polar surface area (TPSA) is 90.7 Å². The summed E-state index contributed by atoms with van der Waals surface area (Å²) in [4.78, 5) is 15.9. The Labute approximate surface area is 179 Å². The summed E-state index contributed by atoms with van der Waals surface area (Å²) >= 11 is 0. The Kier molecular flexibility index (Phi) is 4.99. The number of carboxylic acids is 1. The Morgan fingerprint density at radius 1 is 1.16 bits per heavy atom. The normalized spacial score (nSPS) is 19.5. The largest absolute Gasteiger partial charge is 0.481 e. The van der Waals surface area contributed by atoms with Gasteiger partial charge in [-0.05, 0) is 59.7 Å². The highest BCUT2D eigenvalue weighted by Gasteiger charge is 2.37. The first-order valence-corrected chi connectivity index (χ1v) is 10.7. The molecule has 2 aliphatic rings. The number of nitrogens with zero attached hydrogens (tertiary/aromatic N) is 1. The van der Waals surface area contributed by atoms with Crippen molar-refractivity contribution in [1.29, 1.82) is 0 Å². The summed E-state index contributed by atoms with van der Waals surface area (Å²) in [6.07, 6.45) is -0.0314. The Morgan fingerprint density at radius 2 is 1.94 bits per heavy atom. The molecule has 1 fully saturated rings. The number of aliphatic hydroxyl groups is 2. The molecular weight excluding hydrogens is 397 g/mol. The zero-order valence-corrected chi connectivity index (χ0v) is 17.0. The first-order valence-electron chi connectivity index (χ1n) is 10.7. The molecule has 3 aromatic rings. The molecule has 160 valence electrons. The van der Waals surface area contributed by atoms with Crippen molar-refractivity contribution in [3.63, 3.8) is 0 Å². The van der Waals surface area contributed by atoms with Gasteiger partial charge >= 0.3 is 5.97 Å². The van der Waals surface area contributed by atoms with Crippen molar-refractivity contribution in [1.82, 2.24) is 4.98 Å². The van der Waals surface area contributed by atoms with E-state index in [-0.39, 0.29) is 12.2 Å². The summed E-state index contributed by atoms with van der Waals surface area (Å²) < 4.78 is 14.3. The summed E-state index contributed by atoms with van der Waals surface area (Å²) in [7, 11) is 0. The molecule has 3 atom stereocenters. The predicted octanol–water partition coefficient (Wildman–Crippen LogP) is 4.14. The third-order valence-corrected chi connectivity index (χ3v) is 6.48. The van der Waals surface area contributed by atoms with Crippen LogP contribution in [-0.2, 0) is 11.2 Å². The van der Waals surface area contributed by atoms with Gasteiger partial charge in [0.1, 0.15) is 5.82 Å². The zero-order valence-electron chi connectivity index (χ0n) is 17.0. The van der Waals surface area contributed by atoms with Crippen LogP contribution in [0.5, 0.6) is 0 Å². The maximum atomic E-state index is 14.3. The highest BCUT2D eigenvalue weighted by atomic mass is 19.1. The highest BCUT2D eigenvalue weighted by molar-refractivity contribution is 5.98. The van der Waals surface area contributed by atoms with Gasteiger partial charge in [-0.25, -0.2) is 4.39 Å². The minimum atomic E-state index is -1.16. The molecule has 6 heteroatoms. The summed E-state index contributed by atoms with van der Waals surface area (Å²) in [5.41, 5.74) is 5.66. The van der Waals surface area contributed by atoms with Gasteiger partial charge in [0.25, 0.3) is 0 Å². The van der Waals surface area contributed by atoms with Crippen LogP contribution in [0.4, 0.5) is 4.39 Å². The first-order chi connectivity index (χ1) is 14.9. The maximum absolute atomic E-state index is 14.3. The Bertz CT molecular complexity index is 1170. The number of aromatic nitrogens is 1. The number of hydrogen-bond donors (Lipinski definition) is 3. The van der Waals surface area contributed by atoms with Crippen LogP contribution in [0.25, 0.3) is 22.0 Å². The first kappa shape index (κ1) is 20.1. The van der Waals surface area contributed by atoms with Gasteiger partial charge in [-0.3, -0.25) is 9.78 Å². The number of carboxylic acid groups (broad SMARTS) is 1. The van der Waals surface area contributed by atoms with Crippen molar-refractivity contribution >= 4 is 16.9 Å². The van der Waals surface area contributed by atoms with Crippen molar-refractivity contribution in [2.45, 2.75) is 56.1 Å². The molecule has 1 unspecified atom stereocenters. The molecular formula is C25H24FNO4. The lowest BCUT2D eigenvalue weighted by Crippen LogP contribution is -2.30. The molecule has 0 radical (unpaired) electrons. The second kappa shape index (κ2) is 7.70. The number of fused-ring (bicyclic) bond motifs is 5. The molecule has 1 heterocycles. The minimum Gasteiger partial charge on any atom is -0.481 e. The number of rotatable bonds is 6. The number of halogens is 1. The van der Waals surface area contributed by atoms with Crippen molar-refractivity contribution in [3.8, 4) is 11.1 Å². The van der Waals surface area contributed by atoms with E-state index < -0.39 is 30.5 Å². The second-order valence-electron chi connectivity index (χ2n) is 8.74. The average molecular weight is 421 g/mol. The fourth-order valence-electron chi connectivity index (χ4n) is 4.95. The Morgan fingerprint density at radius 3 is 2.68 bits per heavy atom. The Balaban J connectivity index is 1.65. The lowest BCUT2D eigenvalue weighted by Gasteiger charge is -2.33. The number of carbonyl (C=O) groups is 1. The summed E-state index contributed by atoms with van der Waals surface area (Å²) in [5.74, 6) is -1.55. The van der Waals surface area contributed by atoms with Crippen molar-refractivity contribution in [2.24, 2.45) is 0 Å². The standard InChI is InChI=1S/C25H24FNO4/c26-14-7-8-16-18(9-14)19(22(29)10-15(28)11-23(30)31)12-20-24(16)17-3-1-2-4-21(17)27-25(20)13-5-6-13/h1-4,7-9,13,15,19,22,28-29H,5-6,10-12H2,(H,30,31)/t15-,19?,22+/m1/s1. The molecule has 5 nitrogen and oxygen atoms in total. The number of benzene rings is 2. The van der Waals surface area contributed by atoms with E-state index >= 15 is 0 Å². The average Bonchev–Trinajstić information content (AvgIpc) is 3.56. The molecule has 31 heavy (non-hydrogen) atoms. The minimum absolute atomic E-state index is 0.0813. The lowest BCUT2D eigenvalue weighted by atomic mass is 9.73. The third kappa shape index (κ3) is 3.70. The lowest BCUT2D eigenvalue weighted by molar-refractivity contribution is -0.139. The van der Waals surface area contributed by atoms with E-state index in [1.807, 2.05) is 24.3 Å². The second-order valence-corrected chi connectivity index (χ2v) is 8.74. The molecule has 0 saturated heterocycles. The fourth-order valence-corrected chi connectivity index (χ4v) is 4.95. The van der Waals surface area contributed by atoms with E-state index in [4.69, 9.17) is 10.1 Å². The molecule has 0 aliphatic heterocycles. The number of pyridine rings is 1. The van der Waals surface area contributed by atoms with Gasteiger partial charge < -0.3 is 15.3 Å². The monoisotopic (exact) mass is 421 g/mol. The summed E-state index contributed by atoms with van der Waals surface area (Å²) in [6, 6.07) is 12.6. The number of hydrogen-bond acceptors (Lipinski definition) is 4. The SMILES string of the molecule is O=C(O)C[C@H](O)C[C@H](O)C1Cc2c(C3CC3)nc3ccccc3c2-c2ccc(F)cc21. The van der Waals surface area contributed by atoms with E-state index in [9.17, 15) is 19.4 Å². The molecule has 0 bridgehead atoms. The summed E-state index contributed by atoms with van der Waals surface area (Å²) in [5, 5.41) is 31.0. The molecule has 1 aromatic heterocycles. The van der Waals surface area contributed by atoms with Gasteiger partial charge in [-0.2, -0.15) is 0 Å². The zero-order chi connectivity index (χ0) is 21.7. The van der Waals surface area contributed by atoms with Gasteiger partial charge in [0.05, 0.1) is 24.1 Å². The van der Waals surface area contributed by atoms with Crippen LogP contribution in [0.3, 0.4) is 0 Å². The van der Waals surface area contributed by atoms with Crippen molar-refractivity contribution < 1.29 is 24.5 Å². The van der Waals surface area contributed by atoms with E-state index in [0.717, 1.165) is 46.1 Å². The van der Waals surface area contributed by atoms with Gasteiger partial charge in [0.2, 0.25) is 0 Å². The molecule has 3 N–H and O–H groups in total. The van der Waals surface area contributed by atoms with E-state index in [1.54, 1.807) is 6.07 Å². The van der Waals surface area contributed by atoms with E-state index in [2.05, 4.69) is 0 Å². The number of aliphatic hydroxyl groups excluding tert-OH is 2. The molecule has 0 amide bonds. The van der Waals surface area contributed by atoms with Crippen LogP contribution < -0.4 is 0 Å². The number of aliphatic carboxylic acids is 1. The smallest absolute Gasteiger partial charge is 0.305 e. The van der Waals surface area contributed by atoms with Crippen LogP contribution in [0, 0.1) is 5.82 Å². The molecule has 0 spiro atoms. The highest BCUT2D eigenvalue weighted by Crippen LogP contribution is 2.50. The van der Waals surface area contributed by atoms with Gasteiger partial charge in [0, 0.05) is 29.3 Å². The third-order valence-electron chi connectivity index (χ3n) is 6.48. The van der Waals surface area contributed by atoms with Crippen LogP contribution >= 0.6 is 0 Å². The fraction of sp³-hybridized carbons (Fsp3) is 0.360. The van der Waals surface area contributed by atoms with Crippen LogP contribution in [0.2, 0.25) is 0 Å². The van der Waals surface area contributed by atoms with Gasteiger partial charge in [0.15, 0.2) is 0 Å². The quantitative estimate of drug-likeness (QED) is 0.556. The Hall–Kier alpha value is -2.83. The van der Waals surface area contributed by atoms with Gasteiger partial charge in [-0.15, -0.1) is 0 Å². The summed E-state index contributed by atoms with van der Waals surface area (Å²) in [6.45, 7) is 0.